The van der Waals surface area contributed by atoms with Crippen LogP contribution in [0.4, 0.5) is 22.0 Å². The fourth-order valence-corrected chi connectivity index (χ4v) is 4.43. The summed E-state index contributed by atoms with van der Waals surface area (Å²) in [6, 6.07) is 7.14. The van der Waals surface area contributed by atoms with Gasteiger partial charge in [0, 0.05) is 45.7 Å². The average Bonchev–Trinajstić information content (AvgIpc) is 2.75. The van der Waals surface area contributed by atoms with Crippen molar-refractivity contribution < 1.29 is 35.2 Å². The van der Waals surface area contributed by atoms with Crippen LogP contribution in [0, 0.1) is 11.6 Å². The van der Waals surface area contributed by atoms with E-state index in [9.17, 15) is 35.2 Å². The number of carbonyl (C=O) groups excluding carboxylic acids is 1. The van der Waals surface area contributed by atoms with Crippen molar-refractivity contribution in [3.63, 3.8) is 0 Å². The number of rotatable bonds is 7. The number of nitrogens with zero attached hydrogens (tertiary/aromatic N) is 2. The zero-order valence-electron chi connectivity index (χ0n) is 17.4. The fourth-order valence-electron chi connectivity index (χ4n) is 3.39. The predicted molar refractivity (Wildman–Crippen MR) is 109 cm³/mol. The maximum atomic E-state index is 13.3. The minimum atomic E-state index is -4.38. The number of halogens is 5. The van der Waals surface area contributed by atoms with E-state index in [0.717, 1.165) is 23.8 Å². The Labute approximate surface area is 188 Å². The molecule has 0 spiro atoms. The minimum Gasteiger partial charge on any atom is -0.340 e. The van der Waals surface area contributed by atoms with Gasteiger partial charge in [-0.3, -0.25) is 9.69 Å². The van der Waals surface area contributed by atoms with E-state index >= 15 is 0 Å². The first-order chi connectivity index (χ1) is 15.5. The van der Waals surface area contributed by atoms with Crippen LogP contribution in [0.15, 0.2) is 47.4 Å². The SMILES string of the molecule is O=C(CCNS(=O)(=O)c1ccc(F)c(F)c1)N1CCN(Cc2ccc(C(F)(F)F)cc2)CC1. The Kier molecular flexibility index (Phi) is 7.70. The second kappa shape index (κ2) is 10.1. The van der Waals surface area contributed by atoms with Crippen LogP contribution in [0.2, 0.25) is 0 Å². The van der Waals surface area contributed by atoms with Crippen molar-refractivity contribution in [3.05, 3.63) is 65.2 Å². The van der Waals surface area contributed by atoms with Gasteiger partial charge in [0.1, 0.15) is 0 Å². The summed E-state index contributed by atoms with van der Waals surface area (Å²) in [6.45, 7) is 2.09. The van der Waals surface area contributed by atoms with Crippen molar-refractivity contribution in [3.8, 4) is 0 Å². The quantitative estimate of drug-likeness (QED) is 0.605. The second-order valence-electron chi connectivity index (χ2n) is 7.58. The molecule has 3 rings (SSSR count). The number of sulfonamides is 1. The van der Waals surface area contributed by atoms with Crippen molar-refractivity contribution in [1.29, 1.82) is 0 Å². The molecule has 2 aromatic carbocycles. The van der Waals surface area contributed by atoms with Crippen molar-refractivity contribution in [2.45, 2.75) is 24.0 Å². The number of hydrogen-bond acceptors (Lipinski definition) is 4. The lowest BCUT2D eigenvalue weighted by Crippen LogP contribution is -2.48. The molecule has 33 heavy (non-hydrogen) atoms. The van der Waals surface area contributed by atoms with Crippen molar-refractivity contribution >= 4 is 15.9 Å². The number of hydrogen-bond donors (Lipinski definition) is 1. The number of carbonyl (C=O) groups is 1. The normalized spacial score (nSPS) is 15.6. The van der Waals surface area contributed by atoms with Gasteiger partial charge in [0.15, 0.2) is 11.6 Å². The van der Waals surface area contributed by atoms with Gasteiger partial charge in [0.25, 0.3) is 0 Å². The molecule has 1 heterocycles. The number of nitrogens with one attached hydrogen (secondary N) is 1. The van der Waals surface area contributed by atoms with Crippen LogP contribution in [-0.2, 0) is 27.5 Å². The molecule has 1 aliphatic rings. The van der Waals surface area contributed by atoms with E-state index in [1.807, 2.05) is 4.90 Å². The summed E-state index contributed by atoms with van der Waals surface area (Å²) in [4.78, 5) is 15.5. The third-order valence-corrected chi connectivity index (χ3v) is 6.70. The predicted octanol–water partition coefficient (Wildman–Crippen LogP) is 3.00. The van der Waals surface area contributed by atoms with Crippen LogP contribution in [-0.4, -0.2) is 56.8 Å². The third kappa shape index (κ3) is 6.71. The second-order valence-corrected chi connectivity index (χ2v) is 9.34. The largest absolute Gasteiger partial charge is 0.416 e. The van der Waals surface area contributed by atoms with E-state index in [1.54, 1.807) is 4.90 Å². The number of amides is 1. The number of alkyl halides is 3. The lowest BCUT2D eigenvalue weighted by molar-refractivity contribution is -0.137. The Bertz CT molecular complexity index is 1080. The Morgan fingerprint density at radius 3 is 2.15 bits per heavy atom. The van der Waals surface area contributed by atoms with E-state index in [2.05, 4.69) is 4.72 Å². The molecule has 1 aliphatic heterocycles. The van der Waals surface area contributed by atoms with Crippen LogP contribution in [0.5, 0.6) is 0 Å². The molecule has 6 nitrogen and oxygen atoms in total. The van der Waals surface area contributed by atoms with E-state index in [4.69, 9.17) is 0 Å². The molecule has 0 saturated carbocycles. The van der Waals surface area contributed by atoms with Gasteiger partial charge >= 0.3 is 6.18 Å². The van der Waals surface area contributed by atoms with E-state index in [-0.39, 0.29) is 18.9 Å². The highest BCUT2D eigenvalue weighted by molar-refractivity contribution is 7.89. The molecule has 0 radical (unpaired) electrons. The summed E-state index contributed by atoms with van der Waals surface area (Å²) in [5, 5.41) is 0. The molecule has 0 aromatic heterocycles. The third-order valence-electron chi connectivity index (χ3n) is 5.24. The molecule has 0 aliphatic carbocycles. The van der Waals surface area contributed by atoms with E-state index in [0.29, 0.717) is 44.9 Å². The van der Waals surface area contributed by atoms with Crippen LogP contribution in [0.25, 0.3) is 0 Å². The number of piperazine rings is 1. The molecule has 1 saturated heterocycles. The molecule has 1 amide bonds. The highest BCUT2D eigenvalue weighted by atomic mass is 32.2. The lowest BCUT2D eigenvalue weighted by atomic mass is 10.1. The Morgan fingerprint density at radius 2 is 1.58 bits per heavy atom. The summed E-state index contributed by atoms with van der Waals surface area (Å²) in [5.74, 6) is -2.72. The first-order valence-electron chi connectivity index (χ1n) is 10.1. The summed E-state index contributed by atoms with van der Waals surface area (Å²) < 4.78 is 90.7. The standard InChI is InChI=1S/C21H22F5N3O3S/c22-18-6-5-17(13-19(18)23)33(31,32)27-8-7-20(30)29-11-9-28(10-12-29)14-15-1-3-16(4-2-15)21(24,25)26/h1-6,13,27H,7-12,14H2. The fraction of sp³-hybridized carbons (Fsp3) is 0.381. The van der Waals surface area contributed by atoms with Gasteiger partial charge in [0.05, 0.1) is 10.5 Å². The molecule has 2 aromatic rings. The summed E-state index contributed by atoms with van der Waals surface area (Å²) >= 11 is 0. The van der Waals surface area contributed by atoms with Gasteiger partial charge in [-0.1, -0.05) is 12.1 Å². The first-order valence-corrected chi connectivity index (χ1v) is 11.5. The Hall–Kier alpha value is -2.57. The topological polar surface area (TPSA) is 69.7 Å². The van der Waals surface area contributed by atoms with Crippen LogP contribution < -0.4 is 4.72 Å². The Balaban J connectivity index is 1.43. The van der Waals surface area contributed by atoms with Gasteiger partial charge in [-0.2, -0.15) is 13.2 Å². The first kappa shape index (κ1) is 25.1. The van der Waals surface area contributed by atoms with Crippen molar-refractivity contribution in [2.75, 3.05) is 32.7 Å². The molecule has 0 bridgehead atoms. The van der Waals surface area contributed by atoms with E-state index in [1.165, 1.54) is 12.1 Å². The average molecular weight is 491 g/mol. The maximum absolute atomic E-state index is 13.3. The van der Waals surface area contributed by atoms with Gasteiger partial charge < -0.3 is 4.90 Å². The van der Waals surface area contributed by atoms with Gasteiger partial charge in [-0.05, 0) is 35.9 Å². The number of benzene rings is 2. The Morgan fingerprint density at radius 1 is 0.939 bits per heavy atom. The van der Waals surface area contributed by atoms with Gasteiger partial charge in [0.2, 0.25) is 15.9 Å². The molecular formula is C21H22F5N3O3S. The highest BCUT2D eigenvalue weighted by Crippen LogP contribution is 2.29. The molecular weight excluding hydrogens is 469 g/mol. The van der Waals surface area contributed by atoms with Crippen LogP contribution in [0.3, 0.4) is 0 Å². The smallest absolute Gasteiger partial charge is 0.340 e. The molecule has 0 atom stereocenters. The maximum Gasteiger partial charge on any atom is 0.416 e. The summed E-state index contributed by atoms with van der Waals surface area (Å²) in [6.07, 6.45) is -4.49. The molecule has 12 heteroatoms. The van der Waals surface area contributed by atoms with E-state index < -0.39 is 38.3 Å². The van der Waals surface area contributed by atoms with Gasteiger partial charge in [-0.25, -0.2) is 21.9 Å². The van der Waals surface area contributed by atoms with Crippen LogP contribution >= 0.6 is 0 Å². The zero-order chi connectivity index (χ0) is 24.2. The molecule has 180 valence electrons. The monoisotopic (exact) mass is 491 g/mol. The van der Waals surface area contributed by atoms with Gasteiger partial charge in [-0.15, -0.1) is 0 Å². The molecule has 1 fully saturated rings. The minimum absolute atomic E-state index is 0.109. The highest BCUT2D eigenvalue weighted by Gasteiger charge is 2.30. The summed E-state index contributed by atoms with van der Waals surface area (Å²) in [7, 11) is -4.09. The molecule has 0 unspecified atom stereocenters. The van der Waals surface area contributed by atoms with Crippen molar-refractivity contribution in [2.24, 2.45) is 0 Å². The summed E-state index contributed by atoms with van der Waals surface area (Å²) in [5.41, 5.74) is 0.0243. The zero-order valence-corrected chi connectivity index (χ0v) is 18.2. The lowest BCUT2D eigenvalue weighted by Gasteiger charge is -2.34. The van der Waals surface area contributed by atoms with Crippen molar-refractivity contribution in [1.82, 2.24) is 14.5 Å². The molecule has 1 N–H and O–H groups in total. The van der Waals surface area contributed by atoms with Crippen LogP contribution in [0.1, 0.15) is 17.5 Å².